The Balaban J connectivity index is 2.42. The Labute approximate surface area is 113 Å². The highest BCUT2D eigenvalue weighted by Gasteiger charge is 2.17. The molecule has 18 heavy (non-hydrogen) atoms. The van der Waals surface area contributed by atoms with E-state index in [1.165, 1.54) is 50.8 Å². The van der Waals surface area contributed by atoms with Gasteiger partial charge in [0, 0.05) is 6.42 Å². The predicted molar refractivity (Wildman–Crippen MR) is 77.8 cm³/mol. The topological polar surface area (TPSA) is 8.81 Å². The molecule has 0 radical (unpaired) electrons. The Bertz CT molecular complexity index is 326. The van der Waals surface area contributed by atoms with Crippen LogP contribution in [0.4, 0.5) is 0 Å². The van der Waals surface area contributed by atoms with Gasteiger partial charge < -0.3 is 0 Å². The van der Waals surface area contributed by atoms with E-state index in [9.17, 15) is 0 Å². The lowest BCUT2D eigenvalue weighted by molar-refractivity contribution is -0.700. The first-order valence-electron chi connectivity index (χ1n) is 7.79. The van der Waals surface area contributed by atoms with E-state index in [0.717, 1.165) is 6.54 Å². The maximum Gasteiger partial charge on any atom is 0.256 e. The van der Waals surface area contributed by atoms with Gasteiger partial charge in [0.05, 0.1) is 12.6 Å². The maximum absolute atomic E-state index is 2.43. The average Bonchev–Trinajstić information content (AvgIpc) is 2.76. The van der Waals surface area contributed by atoms with Crippen LogP contribution in [0.3, 0.4) is 0 Å². The normalized spacial score (nSPS) is 11.4. The average molecular weight is 251 g/mol. The molecule has 0 aliphatic rings. The number of aryl methyl sites for hydroxylation is 1. The van der Waals surface area contributed by atoms with Crippen LogP contribution in [0.1, 0.15) is 78.1 Å². The van der Waals surface area contributed by atoms with Crippen LogP contribution in [0.2, 0.25) is 0 Å². The second kappa shape index (κ2) is 8.34. The summed E-state index contributed by atoms with van der Waals surface area (Å²) < 4.78 is 4.82. The van der Waals surface area contributed by atoms with Crippen molar-refractivity contribution >= 4 is 0 Å². The Morgan fingerprint density at radius 2 is 1.72 bits per heavy atom. The van der Waals surface area contributed by atoms with E-state index in [4.69, 9.17) is 0 Å². The fourth-order valence-corrected chi connectivity index (χ4v) is 2.57. The lowest BCUT2D eigenvalue weighted by Crippen LogP contribution is -2.36. The summed E-state index contributed by atoms with van der Waals surface area (Å²) in [5.74, 6) is 1.50. The van der Waals surface area contributed by atoms with Gasteiger partial charge in [-0.25, -0.2) is 9.13 Å². The Morgan fingerprint density at radius 1 is 1.06 bits per heavy atom. The molecule has 2 heteroatoms. The zero-order chi connectivity index (χ0) is 13.4. The molecule has 0 N–H and O–H groups in total. The number of hydrogen-bond acceptors (Lipinski definition) is 0. The van der Waals surface area contributed by atoms with Gasteiger partial charge in [0.2, 0.25) is 0 Å². The molecule has 0 fully saturated rings. The highest BCUT2D eigenvalue weighted by molar-refractivity contribution is 4.86. The molecule has 0 atom stereocenters. The second-order valence-electron chi connectivity index (χ2n) is 5.52. The van der Waals surface area contributed by atoms with E-state index >= 15 is 0 Å². The number of rotatable bonds is 9. The summed E-state index contributed by atoms with van der Waals surface area (Å²) >= 11 is 0. The molecule has 0 saturated carbocycles. The number of aromatic nitrogens is 2. The fraction of sp³-hybridized carbons (Fsp3) is 0.812. The van der Waals surface area contributed by atoms with E-state index in [1.54, 1.807) is 0 Å². The number of unbranched alkanes of at least 4 members (excludes halogenated alkanes) is 5. The molecule has 1 aromatic heterocycles. The lowest BCUT2D eigenvalue weighted by atomic mass is 10.1. The molecule has 0 bridgehead atoms. The molecule has 1 heterocycles. The van der Waals surface area contributed by atoms with Crippen molar-refractivity contribution in [1.29, 1.82) is 0 Å². The SMILES string of the molecule is CCCCCCCCc1n(C(C)C)cc[n+]1CC. The van der Waals surface area contributed by atoms with Crippen LogP contribution in [-0.4, -0.2) is 4.57 Å². The third-order valence-electron chi connectivity index (χ3n) is 3.69. The third-order valence-corrected chi connectivity index (χ3v) is 3.69. The van der Waals surface area contributed by atoms with Gasteiger partial charge in [0.15, 0.2) is 0 Å². The third kappa shape index (κ3) is 4.47. The van der Waals surface area contributed by atoms with Crippen LogP contribution in [0, 0.1) is 0 Å². The van der Waals surface area contributed by atoms with Crippen LogP contribution in [0.25, 0.3) is 0 Å². The Hall–Kier alpha value is -0.790. The van der Waals surface area contributed by atoms with Crippen molar-refractivity contribution in [1.82, 2.24) is 4.57 Å². The molecule has 0 saturated heterocycles. The van der Waals surface area contributed by atoms with E-state index in [1.807, 2.05) is 0 Å². The van der Waals surface area contributed by atoms with Gasteiger partial charge in [-0.1, -0.05) is 39.0 Å². The Kier molecular flexibility index (Phi) is 7.07. The lowest BCUT2D eigenvalue weighted by Gasteiger charge is -2.07. The van der Waals surface area contributed by atoms with Gasteiger partial charge in [0.25, 0.3) is 5.82 Å². The minimum atomic E-state index is 0.577. The van der Waals surface area contributed by atoms with Crippen molar-refractivity contribution < 1.29 is 4.57 Å². The summed E-state index contributed by atoms with van der Waals surface area (Å²) in [6.07, 6.45) is 14.0. The Morgan fingerprint density at radius 3 is 2.33 bits per heavy atom. The monoisotopic (exact) mass is 251 g/mol. The van der Waals surface area contributed by atoms with E-state index < -0.39 is 0 Å². The van der Waals surface area contributed by atoms with Crippen LogP contribution in [-0.2, 0) is 13.0 Å². The molecule has 1 rings (SSSR count). The van der Waals surface area contributed by atoms with Crippen molar-refractivity contribution in [3.05, 3.63) is 18.2 Å². The maximum atomic E-state index is 2.43. The highest BCUT2D eigenvalue weighted by atomic mass is 15.2. The highest BCUT2D eigenvalue weighted by Crippen LogP contribution is 2.12. The van der Waals surface area contributed by atoms with Gasteiger partial charge in [-0.2, -0.15) is 0 Å². The van der Waals surface area contributed by atoms with Crippen molar-refractivity contribution in [2.45, 2.75) is 85.2 Å². The summed E-state index contributed by atoms with van der Waals surface area (Å²) in [5.41, 5.74) is 0. The van der Waals surface area contributed by atoms with Crippen LogP contribution >= 0.6 is 0 Å². The minimum absolute atomic E-state index is 0.577. The van der Waals surface area contributed by atoms with Crippen LogP contribution < -0.4 is 4.57 Å². The predicted octanol–water partition coefficient (Wildman–Crippen LogP) is 4.28. The molecule has 0 amide bonds. The molecule has 0 aromatic carbocycles. The number of nitrogens with zero attached hydrogens (tertiary/aromatic N) is 2. The standard InChI is InChI=1S/C16H31N2/c1-5-7-8-9-10-11-12-16-17(6-2)13-14-18(16)15(3)4/h13-15H,5-12H2,1-4H3/q+1. The molecule has 2 nitrogen and oxygen atoms in total. The first-order chi connectivity index (χ1) is 8.70. The van der Waals surface area contributed by atoms with Crippen LogP contribution in [0.5, 0.6) is 0 Å². The van der Waals surface area contributed by atoms with Gasteiger partial charge in [0.1, 0.15) is 12.4 Å². The van der Waals surface area contributed by atoms with Gasteiger partial charge in [-0.3, -0.25) is 0 Å². The summed E-state index contributed by atoms with van der Waals surface area (Å²) in [7, 11) is 0. The molecular formula is C16H31N2+. The second-order valence-corrected chi connectivity index (χ2v) is 5.52. The number of hydrogen-bond donors (Lipinski definition) is 0. The zero-order valence-corrected chi connectivity index (χ0v) is 12.8. The smallest absolute Gasteiger partial charge is 0.235 e. The summed E-state index contributed by atoms with van der Waals surface area (Å²) in [5, 5.41) is 0. The molecule has 0 spiro atoms. The van der Waals surface area contributed by atoms with Crippen molar-refractivity contribution in [2.24, 2.45) is 0 Å². The van der Waals surface area contributed by atoms with Crippen molar-refractivity contribution in [2.75, 3.05) is 0 Å². The van der Waals surface area contributed by atoms with Gasteiger partial charge in [-0.05, 0) is 27.2 Å². The first kappa shape index (κ1) is 15.3. The zero-order valence-electron chi connectivity index (χ0n) is 12.8. The first-order valence-corrected chi connectivity index (χ1v) is 7.79. The molecule has 1 aromatic rings. The van der Waals surface area contributed by atoms with Crippen molar-refractivity contribution in [3.8, 4) is 0 Å². The van der Waals surface area contributed by atoms with E-state index in [0.29, 0.717) is 6.04 Å². The molecule has 104 valence electrons. The number of imidazole rings is 1. The quantitative estimate of drug-likeness (QED) is 0.457. The van der Waals surface area contributed by atoms with Gasteiger partial charge >= 0.3 is 0 Å². The largest absolute Gasteiger partial charge is 0.256 e. The van der Waals surface area contributed by atoms with E-state index in [2.05, 4.69) is 49.2 Å². The fourth-order valence-electron chi connectivity index (χ4n) is 2.57. The molecule has 0 unspecified atom stereocenters. The van der Waals surface area contributed by atoms with E-state index in [-0.39, 0.29) is 0 Å². The summed E-state index contributed by atoms with van der Waals surface area (Å²) in [6, 6.07) is 0.577. The minimum Gasteiger partial charge on any atom is -0.235 e. The molecular weight excluding hydrogens is 220 g/mol. The molecule has 0 aliphatic carbocycles. The van der Waals surface area contributed by atoms with Gasteiger partial charge in [-0.15, -0.1) is 0 Å². The summed E-state index contributed by atoms with van der Waals surface area (Å²) in [6.45, 7) is 10.1. The summed E-state index contributed by atoms with van der Waals surface area (Å²) in [4.78, 5) is 0. The van der Waals surface area contributed by atoms with Crippen molar-refractivity contribution in [3.63, 3.8) is 0 Å². The van der Waals surface area contributed by atoms with Crippen LogP contribution in [0.15, 0.2) is 12.4 Å². The molecule has 0 aliphatic heterocycles.